The first-order valence-corrected chi connectivity index (χ1v) is 9.03. The monoisotopic (exact) mass is 347 g/mol. The van der Waals surface area contributed by atoms with E-state index in [0.717, 1.165) is 41.7 Å². The molecule has 1 unspecified atom stereocenters. The molecule has 0 spiro atoms. The van der Waals surface area contributed by atoms with Gasteiger partial charge in [-0.1, -0.05) is 76.4 Å². The van der Waals surface area contributed by atoms with Crippen LogP contribution in [-0.2, 0) is 0 Å². The van der Waals surface area contributed by atoms with E-state index in [2.05, 4.69) is 41.7 Å². The van der Waals surface area contributed by atoms with Crippen LogP contribution in [0, 0.1) is 0 Å². The second-order valence-corrected chi connectivity index (χ2v) is 6.78. The molecule has 1 aliphatic rings. The molecule has 1 fully saturated rings. The predicted octanol–water partition coefficient (Wildman–Crippen LogP) is 4.43. The van der Waals surface area contributed by atoms with E-state index >= 15 is 0 Å². The quantitative estimate of drug-likeness (QED) is 0.548. The van der Waals surface area contributed by atoms with Crippen LogP contribution in [-0.4, -0.2) is 36.4 Å². The molecule has 4 rings (SSSR count). The van der Waals surface area contributed by atoms with Gasteiger partial charge in [0.05, 0.1) is 0 Å². The van der Waals surface area contributed by atoms with Gasteiger partial charge in [0, 0.05) is 31.2 Å². The molecule has 132 valence electrons. The molecule has 3 aromatic rings. The first kappa shape index (κ1) is 16.7. The lowest BCUT2D eigenvalue weighted by Gasteiger charge is -2.34. The minimum absolute atomic E-state index is 0.310. The SMILES string of the molecule is CC1CN(/C(=N\F)c2ccccc2-c2cccc3ccccc23)CCN1. The van der Waals surface area contributed by atoms with Gasteiger partial charge in [-0.25, -0.2) is 0 Å². The fourth-order valence-corrected chi connectivity index (χ4v) is 3.77. The molecule has 1 N–H and O–H groups in total. The summed E-state index contributed by atoms with van der Waals surface area (Å²) >= 11 is 0. The van der Waals surface area contributed by atoms with Crippen molar-refractivity contribution in [2.75, 3.05) is 19.6 Å². The average Bonchev–Trinajstić information content (AvgIpc) is 2.69. The normalized spacial score (nSPS) is 18.3. The summed E-state index contributed by atoms with van der Waals surface area (Å²) in [5.74, 6) is 0.418. The van der Waals surface area contributed by atoms with Crippen molar-refractivity contribution in [3.8, 4) is 11.1 Å². The number of piperazine rings is 1. The number of halogens is 1. The first-order chi connectivity index (χ1) is 12.8. The molecule has 0 saturated carbocycles. The number of nitrogens with zero attached hydrogens (tertiary/aromatic N) is 2. The lowest BCUT2D eigenvalue weighted by Crippen LogP contribution is -2.51. The Labute approximate surface area is 153 Å². The van der Waals surface area contributed by atoms with Gasteiger partial charge in [0.2, 0.25) is 0 Å². The number of amidine groups is 1. The number of hydrogen-bond donors (Lipinski definition) is 1. The summed E-state index contributed by atoms with van der Waals surface area (Å²) in [6, 6.07) is 22.8. The summed E-state index contributed by atoms with van der Waals surface area (Å²) in [6.07, 6.45) is 0. The molecule has 1 atom stereocenters. The molecular formula is C22H22FN3. The molecule has 0 bridgehead atoms. The van der Waals surface area contributed by atoms with Gasteiger partial charge < -0.3 is 10.2 Å². The number of fused-ring (bicyclic) bond motifs is 1. The maximum atomic E-state index is 13.8. The highest BCUT2D eigenvalue weighted by Gasteiger charge is 2.23. The molecule has 1 saturated heterocycles. The van der Waals surface area contributed by atoms with Gasteiger partial charge >= 0.3 is 0 Å². The second kappa shape index (κ2) is 7.26. The maximum Gasteiger partial charge on any atom is 0.169 e. The van der Waals surface area contributed by atoms with Crippen molar-refractivity contribution in [3.05, 3.63) is 72.3 Å². The number of rotatable bonds is 2. The third-order valence-corrected chi connectivity index (χ3v) is 5.00. The van der Waals surface area contributed by atoms with Crippen LogP contribution in [0.3, 0.4) is 0 Å². The van der Waals surface area contributed by atoms with Crippen LogP contribution < -0.4 is 5.32 Å². The highest BCUT2D eigenvalue weighted by atomic mass is 19.2. The lowest BCUT2D eigenvalue weighted by molar-refractivity contribution is 0.298. The van der Waals surface area contributed by atoms with Crippen molar-refractivity contribution in [1.82, 2.24) is 10.2 Å². The summed E-state index contributed by atoms with van der Waals surface area (Å²) in [5, 5.41) is 8.93. The highest BCUT2D eigenvalue weighted by molar-refractivity contribution is 6.08. The largest absolute Gasteiger partial charge is 0.351 e. The molecule has 0 amide bonds. The lowest BCUT2D eigenvalue weighted by atomic mass is 9.93. The van der Waals surface area contributed by atoms with Crippen LogP contribution in [0.15, 0.2) is 71.9 Å². The summed E-state index contributed by atoms with van der Waals surface area (Å²) in [7, 11) is 0. The van der Waals surface area contributed by atoms with E-state index in [1.54, 1.807) is 0 Å². The van der Waals surface area contributed by atoms with Gasteiger partial charge in [0.1, 0.15) is 0 Å². The zero-order valence-electron chi connectivity index (χ0n) is 14.8. The number of benzene rings is 3. The van der Waals surface area contributed by atoms with Gasteiger partial charge in [-0.05, 0) is 28.8 Å². The standard InChI is InChI=1S/C22H22FN3/c1-16-15-26(14-13-24-16)22(25-23)21-11-5-4-10-20(21)19-12-6-8-17-7-2-3-9-18(17)19/h2-12,16,24H,13-15H2,1H3/b25-22-. The van der Waals surface area contributed by atoms with Crippen molar-refractivity contribution in [1.29, 1.82) is 0 Å². The third kappa shape index (κ3) is 3.08. The van der Waals surface area contributed by atoms with E-state index in [9.17, 15) is 4.48 Å². The fourth-order valence-electron chi connectivity index (χ4n) is 3.77. The number of nitrogens with one attached hydrogen (secondary N) is 1. The Morgan fingerprint density at radius 1 is 1.00 bits per heavy atom. The molecular weight excluding hydrogens is 325 g/mol. The first-order valence-electron chi connectivity index (χ1n) is 9.03. The predicted molar refractivity (Wildman–Crippen MR) is 106 cm³/mol. The van der Waals surface area contributed by atoms with E-state index in [0.29, 0.717) is 11.9 Å². The minimum Gasteiger partial charge on any atom is -0.351 e. The minimum atomic E-state index is 0.310. The molecule has 3 aromatic carbocycles. The topological polar surface area (TPSA) is 27.6 Å². The van der Waals surface area contributed by atoms with Crippen LogP contribution in [0.5, 0.6) is 0 Å². The van der Waals surface area contributed by atoms with Crippen LogP contribution in [0.4, 0.5) is 4.48 Å². The van der Waals surface area contributed by atoms with Crippen LogP contribution in [0.2, 0.25) is 0 Å². The summed E-state index contributed by atoms with van der Waals surface area (Å²) < 4.78 is 13.8. The van der Waals surface area contributed by atoms with Crippen LogP contribution in [0.25, 0.3) is 21.9 Å². The molecule has 0 aromatic heterocycles. The van der Waals surface area contributed by atoms with Gasteiger partial charge in [0.25, 0.3) is 0 Å². The molecule has 0 radical (unpaired) electrons. The van der Waals surface area contributed by atoms with E-state index in [-0.39, 0.29) is 0 Å². The zero-order chi connectivity index (χ0) is 17.9. The Morgan fingerprint density at radius 3 is 2.58 bits per heavy atom. The van der Waals surface area contributed by atoms with Gasteiger partial charge in [0.15, 0.2) is 5.84 Å². The second-order valence-electron chi connectivity index (χ2n) is 6.78. The van der Waals surface area contributed by atoms with E-state index in [4.69, 9.17) is 0 Å². The van der Waals surface area contributed by atoms with Gasteiger partial charge in [-0.2, -0.15) is 0 Å². The van der Waals surface area contributed by atoms with E-state index < -0.39 is 0 Å². The fraction of sp³-hybridized carbons (Fsp3) is 0.227. The summed E-state index contributed by atoms with van der Waals surface area (Å²) in [5.41, 5.74) is 2.94. The van der Waals surface area contributed by atoms with Crippen molar-refractivity contribution in [2.24, 2.45) is 5.21 Å². The third-order valence-electron chi connectivity index (χ3n) is 5.00. The van der Waals surface area contributed by atoms with E-state index in [1.165, 1.54) is 5.39 Å². The molecule has 1 heterocycles. The average molecular weight is 347 g/mol. The van der Waals surface area contributed by atoms with Gasteiger partial charge in [-0.3, -0.25) is 0 Å². The zero-order valence-corrected chi connectivity index (χ0v) is 14.8. The highest BCUT2D eigenvalue weighted by Crippen LogP contribution is 2.32. The smallest absolute Gasteiger partial charge is 0.169 e. The van der Waals surface area contributed by atoms with Crippen molar-refractivity contribution < 1.29 is 4.48 Å². The van der Waals surface area contributed by atoms with Crippen molar-refractivity contribution >= 4 is 16.6 Å². The van der Waals surface area contributed by atoms with Crippen LogP contribution in [0.1, 0.15) is 12.5 Å². The molecule has 0 aliphatic carbocycles. The Kier molecular flexibility index (Phi) is 4.67. The molecule has 26 heavy (non-hydrogen) atoms. The number of hydrogen-bond acceptors (Lipinski definition) is 2. The Hall–Kier alpha value is -2.72. The Bertz CT molecular complexity index is 946. The molecule has 3 nitrogen and oxygen atoms in total. The Balaban J connectivity index is 1.84. The maximum absolute atomic E-state index is 13.8. The molecule has 1 aliphatic heterocycles. The molecule has 4 heteroatoms. The summed E-state index contributed by atoms with van der Waals surface area (Å²) in [6.45, 7) is 4.43. The summed E-state index contributed by atoms with van der Waals surface area (Å²) in [4.78, 5) is 2.03. The van der Waals surface area contributed by atoms with Crippen molar-refractivity contribution in [3.63, 3.8) is 0 Å². The van der Waals surface area contributed by atoms with E-state index in [1.807, 2.05) is 47.4 Å². The van der Waals surface area contributed by atoms with Crippen LogP contribution >= 0.6 is 0 Å². The van der Waals surface area contributed by atoms with Crippen molar-refractivity contribution in [2.45, 2.75) is 13.0 Å². The Morgan fingerprint density at radius 2 is 1.73 bits per heavy atom. The van der Waals surface area contributed by atoms with Gasteiger partial charge in [-0.15, -0.1) is 0 Å².